The summed E-state index contributed by atoms with van der Waals surface area (Å²) in [5.41, 5.74) is 4.36. The van der Waals surface area contributed by atoms with Gasteiger partial charge in [0.05, 0.1) is 11.4 Å². The van der Waals surface area contributed by atoms with Gasteiger partial charge in [-0.15, -0.1) is 0 Å². The van der Waals surface area contributed by atoms with E-state index in [0.29, 0.717) is 0 Å². The van der Waals surface area contributed by atoms with Crippen LogP contribution in [0.25, 0.3) is 5.69 Å². The minimum absolute atomic E-state index is 0.223. The molecule has 0 amide bonds. The highest BCUT2D eigenvalue weighted by atomic mass is 19.1. The number of aromatic nitrogens is 2. The summed E-state index contributed by atoms with van der Waals surface area (Å²) in [5.74, 6) is -0.223. The van der Waals surface area contributed by atoms with Crippen LogP contribution in [0.2, 0.25) is 0 Å². The average Bonchev–Trinajstić information content (AvgIpc) is 2.72. The maximum Gasteiger partial charge on any atom is 0.123 e. The number of rotatable bonds is 6. The molecule has 3 nitrogen and oxygen atoms in total. The van der Waals surface area contributed by atoms with Gasteiger partial charge in [-0.05, 0) is 69.6 Å². The van der Waals surface area contributed by atoms with Gasteiger partial charge < -0.3 is 5.32 Å². The molecule has 1 N–H and O–H groups in total. The lowest BCUT2D eigenvalue weighted by Crippen LogP contribution is -2.18. The molecule has 2 aromatic rings. The second-order valence-electron chi connectivity index (χ2n) is 5.04. The van der Waals surface area contributed by atoms with Gasteiger partial charge in [-0.3, -0.25) is 0 Å². The summed E-state index contributed by atoms with van der Waals surface area (Å²) in [6.45, 7) is 8.27. The Labute approximate surface area is 119 Å². The van der Waals surface area contributed by atoms with Crippen LogP contribution < -0.4 is 5.32 Å². The smallest absolute Gasteiger partial charge is 0.123 e. The molecule has 1 aromatic heterocycles. The van der Waals surface area contributed by atoms with Crippen LogP contribution in [0.1, 0.15) is 30.3 Å². The molecule has 0 spiro atoms. The van der Waals surface area contributed by atoms with Crippen molar-refractivity contribution in [3.63, 3.8) is 0 Å². The summed E-state index contributed by atoms with van der Waals surface area (Å²) < 4.78 is 14.9. The van der Waals surface area contributed by atoms with E-state index in [9.17, 15) is 4.39 Å². The Balaban J connectivity index is 2.17. The number of benzene rings is 1. The second-order valence-corrected chi connectivity index (χ2v) is 5.04. The first-order valence-corrected chi connectivity index (χ1v) is 7.15. The molecule has 1 heterocycles. The van der Waals surface area contributed by atoms with Gasteiger partial charge in [-0.2, -0.15) is 5.10 Å². The molecular weight excluding hydrogens is 253 g/mol. The molecule has 20 heavy (non-hydrogen) atoms. The van der Waals surface area contributed by atoms with E-state index in [1.165, 1.54) is 17.7 Å². The Morgan fingerprint density at radius 1 is 1.15 bits per heavy atom. The van der Waals surface area contributed by atoms with Gasteiger partial charge in [0, 0.05) is 5.69 Å². The summed E-state index contributed by atoms with van der Waals surface area (Å²) in [4.78, 5) is 0. The van der Waals surface area contributed by atoms with Crippen molar-refractivity contribution in [2.45, 2.75) is 33.6 Å². The van der Waals surface area contributed by atoms with E-state index >= 15 is 0 Å². The van der Waals surface area contributed by atoms with Crippen LogP contribution in [0.3, 0.4) is 0 Å². The lowest BCUT2D eigenvalue weighted by atomic mass is 10.1. The first kappa shape index (κ1) is 14.7. The zero-order valence-electron chi connectivity index (χ0n) is 12.4. The molecule has 0 bridgehead atoms. The van der Waals surface area contributed by atoms with Gasteiger partial charge in [0.15, 0.2) is 0 Å². The third-order valence-electron chi connectivity index (χ3n) is 3.49. The van der Waals surface area contributed by atoms with Gasteiger partial charge in [-0.1, -0.05) is 6.92 Å². The minimum atomic E-state index is -0.223. The molecule has 0 saturated carbocycles. The Morgan fingerprint density at radius 2 is 1.85 bits per heavy atom. The van der Waals surface area contributed by atoms with Crippen molar-refractivity contribution in [2.75, 3.05) is 13.1 Å². The SMILES string of the molecule is CCCNCCc1c(C)nn(-c2ccc(F)cc2)c1C. The lowest BCUT2D eigenvalue weighted by Gasteiger charge is -2.06. The van der Waals surface area contributed by atoms with E-state index in [1.54, 1.807) is 12.1 Å². The molecule has 0 unspecified atom stereocenters. The summed E-state index contributed by atoms with van der Waals surface area (Å²) in [5, 5.41) is 7.98. The van der Waals surface area contributed by atoms with E-state index in [-0.39, 0.29) is 5.82 Å². The molecule has 4 heteroatoms. The van der Waals surface area contributed by atoms with E-state index in [0.717, 1.165) is 43.0 Å². The Morgan fingerprint density at radius 3 is 2.50 bits per heavy atom. The van der Waals surface area contributed by atoms with Crippen molar-refractivity contribution in [1.29, 1.82) is 0 Å². The van der Waals surface area contributed by atoms with Crippen molar-refractivity contribution in [2.24, 2.45) is 0 Å². The van der Waals surface area contributed by atoms with Crippen LogP contribution in [-0.2, 0) is 6.42 Å². The average molecular weight is 275 g/mol. The van der Waals surface area contributed by atoms with E-state index in [4.69, 9.17) is 0 Å². The van der Waals surface area contributed by atoms with Gasteiger partial charge in [0.25, 0.3) is 0 Å². The molecule has 0 aliphatic rings. The highest BCUT2D eigenvalue weighted by Crippen LogP contribution is 2.18. The van der Waals surface area contributed by atoms with Crippen molar-refractivity contribution < 1.29 is 4.39 Å². The molecule has 0 atom stereocenters. The van der Waals surface area contributed by atoms with Crippen molar-refractivity contribution in [3.8, 4) is 5.69 Å². The van der Waals surface area contributed by atoms with Gasteiger partial charge in [0.2, 0.25) is 0 Å². The molecule has 0 fully saturated rings. The highest BCUT2D eigenvalue weighted by Gasteiger charge is 2.12. The number of nitrogens with one attached hydrogen (secondary N) is 1. The number of halogens is 1. The molecule has 0 aliphatic heterocycles. The third kappa shape index (κ3) is 3.25. The zero-order valence-corrected chi connectivity index (χ0v) is 12.4. The molecule has 0 aliphatic carbocycles. The van der Waals surface area contributed by atoms with Crippen LogP contribution in [0, 0.1) is 19.7 Å². The molecule has 1 aromatic carbocycles. The predicted octanol–water partition coefficient (Wildman–Crippen LogP) is 3.17. The van der Waals surface area contributed by atoms with Gasteiger partial charge >= 0.3 is 0 Å². The second kappa shape index (κ2) is 6.66. The van der Waals surface area contributed by atoms with Crippen LogP contribution in [0.15, 0.2) is 24.3 Å². The number of nitrogens with zero attached hydrogens (tertiary/aromatic N) is 2. The Bertz CT molecular complexity index is 558. The Hall–Kier alpha value is -1.68. The summed E-state index contributed by atoms with van der Waals surface area (Å²) in [7, 11) is 0. The topological polar surface area (TPSA) is 29.9 Å². The number of hydrogen-bond acceptors (Lipinski definition) is 2. The zero-order chi connectivity index (χ0) is 14.5. The van der Waals surface area contributed by atoms with Gasteiger partial charge in [0.1, 0.15) is 5.82 Å². The number of hydrogen-bond donors (Lipinski definition) is 1. The summed E-state index contributed by atoms with van der Waals surface area (Å²) in [6.07, 6.45) is 2.12. The predicted molar refractivity (Wildman–Crippen MR) is 79.9 cm³/mol. The third-order valence-corrected chi connectivity index (χ3v) is 3.49. The van der Waals surface area contributed by atoms with Gasteiger partial charge in [-0.25, -0.2) is 9.07 Å². The summed E-state index contributed by atoms with van der Waals surface area (Å²) in [6, 6.07) is 6.45. The van der Waals surface area contributed by atoms with Crippen LogP contribution in [0.4, 0.5) is 4.39 Å². The molecule has 0 saturated heterocycles. The fourth-order valence-corrected chi connectivity index (χ4v) is 2.39. The highest BCUT2D eigenvalue weighted by molar-refractivity contribution is 5.37. The fourth-order valence-electron chi connectivity index (χ4n) is 2.39. The molecular formula is C16H22FN3. The normalized spacial score (nSPS) is 11.0. The van der Waals surface area contributed by atoms with E-state index in [1.807, 2.05) is 11.6 Å². The van der Waals surface area contributed by atoms with Crippen LogP contribution in [0.5, 0.6) is 0 Å². The summed E-state index contributed by atoms with van der Waals surface area (Å²) >= 11 is 0. The molecule has 108 valence electrons. The van der Waals surface area contributed by atoms with Crippen molar-refractivity contribution in [3.05, 3.63) is 47.0 Å². The quantitative estimate of drug-likeness (QED) is 0.821. The van der Waals surface area contributed by atoms with Crippen LogP contribution >= 0.6 is 0 Å². The maximum absolute atomic E-state index is 13.0. The first-order chi connectivity index (χ1) is 9.63. The van der Waals surface area contributed by atoms with E-state index in [2.05, 4.69) is 24.3 Å². The number of aryl methyl sites for hydroxylation is 1. The van der Waals surface area contributed by atoms with Crippen molar-refractivity contribution in [1.82, 2.24) is 15.1 Å². The largest absolute Gasteiger partial charge is 0.316 e. The molecule has 0 radical (unpaired) electrons. The van der Waals surface area contributed by atoms with Crippen LogP contribution in [-0.4, -0.2) is 22.9 Å². The molecule has 2 rings (SSSR count). The standard InChI is InChI=1S/C16H22FN3/c1-4-10-18-11-9-16-12(2)19-20(13(16)3)15-7-5-14(17)6-8-15/h5-8,18H,4,9-11H2,1-3H3. The monoisotopic (exact) mass is 275 g/mol. The van der Waals surface area contributed by atoms with Crippen molar-refractivity contribution >= 4 is 0 Å². The minimum Gasteiger partial charge on any atom is -0.316 e. The first-order valence-electron chi connectivity index (χ1n) is 7.15. The van der Waals surface area contributed by atoms with E-state index < -0.39 is 0 Å². The lowest BCUT2D eigenvalue weighted by molar-refractivity contribution is 0.627. The fraction of sp³-hybridized carbons (Fsp3) is 0.438. The Kier molecular flexibility index (Phi) is 4.90. The maximum atomic E-state index is 13.0.